The summed E-state index contributed by atoms with van der Waals surface area (Å²) in [5.74, 6) is -0.203. The molecule has 2 aromatic carbocycles. The highest BCUT2D eigenvalue weighted by Gasteiger charge is 2.08. The van der Waals surface area contributed by atoms with Crippen molar-refractivity contribution in [1.82, 2.24) is 5.43 Å². The highest BCUT2D eigenvalue weighted by atomic mass is 16.3. The molecule has 0 spiro atoms. The Morgan fingerprint density at radius 1 is 1.05 bits per heavy atom. The average Bonchev–Trinajstić information content (AvgIpc) is 2.55. The highest BCUT2D eigenvalue weighted by Crippen LogP contribution is 2.10. The number of nitrogens with zero attached hydrogens (tertiary/aromatic N) is 1. The summed E-state index contributed by atoms with van der Waals surface area (Å²) in [7, 11) is 0. The number of aliphatic hydroxyl groups is 1. The van der Waals surface area contributed by atoms with Crippen molar-refractivity contribution in [2.45, 2.75) is 25.9 Å². The second-order valence-corrected chi connectivity index (χ2v) is 5.12. The van der Waals surface area contributed by atoms with E-state index in [-0.39, 0.29) is 12.3 Å². The molecule has 0 aromatic heterocycles. The van der Waals surface area contributed by atoms with Crippen LogP contribution in [0.5, 0.6) is 0 Å². The van der Waals surface area contributed by atoms with Crippen LogP contribution in [-0.2, 0) is 4.79 Å². The molecule has 1 unspecified atom stereocenters. The highest BCUT2D eigenvalue weighted by molar-refractivity contribution is 6.13. The van der Waals surface area contributed by atoms with Crippen molar-refractivity contribution >= 4 is 11.6 Å². The first-order valence-electron chi connectivity index (χ1n) is 7.32. The van der Waals surface area contributed by atoms with Gasteiger partial charge in [-0.05, 0) is 13.3 Å². The number of hydrogen-bond acceptors (Lipinski definition) is 3. The third kappa shape index (κ3) is 4.82. The summed E-state index contributed by atoms with van der Waals surface area (Å²) in [4.78, 5) is 11.8. The van der Waals surface area contributed by atoms with Gasteiger partial charge in [-0.25, -0.2) is 5.43 Å². The van der Waals surface area contributed by atoms with Gasteiger partial charge in [0.2, 0.25) is 5.91 Å². The topological polar surface area (TPSA) is 61.7 Å². The molecule has 0 saturated heterocycles. The van der Waals surface area contributed by atoms with Gasteiger partial charge in [0, 0.05) is 17.5 Å². The monoisotopic (exact) mass is 296 g/mol. The molecule has 1 atom stereocenters. The fraction of sp³-hybridized carbons (Fsp3) is 0.222. The van der Waals surface area contributed by atoms with Crippen LogP contribution in [0.15, 0.2) is 65.8 Å². The minimum atomic E-state index is -0.488. The number of hydrogen-bond donors (Lipinski definition) is 2. The number of rotatable bonds is 6. The Morgan fingerprint density at radius 2 is 1.55 bits per heavy atom. The van der Waals surface area contributed by atoms with Gasteiger partial charge >= 0.3 is 0 Å². The maximum atomic E-state index is 11.8. The molecule has 2 N–H and O–H groups in total. The van der Waals surface area contributed by atoms with Gasteiger partial charge in [-0.3, -0.25) is 4.79 Å². The van der Waals surface area contributed by atoms with Crippen LogP contribution in [0.4, 0.5) is 0 Å². The van der Waals surface area contributed by atoms with Crippen molar-refractivity contribution in [3.63, 3.8) is 0 Å². The lowest BCUT2D eigenvalue weighted by Crippen LogP contribution is -2.21. The Hall–Kier alpha value is -2.46. The first-order chi connectivity index (χ1) is 10.7. The van der Waals surface area contributed by atoms with Crippen LogP contribution in [-0.4, -0.2) is 22.8 Å². The summed E-state index contributed by atoms with van der Waals surface area (Å²) < 4.78 is 0. The van der Waals surface area contributed by atoms with Gasteiger partial charge in [-0.1, -0.05) is 60.7 Å². The van der Waals surface area contributed by atoms with Gasteiger partial charge in [-0.15, -0.1) is 0 Å². The van der Waals surface area contributed by atoms with E-state index in [4.69, 9.17) is 0 Å². The van der Waals surface area contributed by atoms with Crippen molar-refractivity contribution in [1.29, 1.82) is 0 Å². The van der Waals surface area contributed by atoms with Gasteiger partial charge < -0.3 is 5.11 Å². The molecule has 0 saturated carbocycles. The molecule has 0 fully saturated rings. The maximum Gasteiger partial charge on any atom is 0.240 e. The quantitative estimate of drug-likeness (QED) is 0.636. The Morgan fingerprint density at radius 3 is 2.00 bits per heavy atom. The van der Waals surface area contributed by atoms with Crippen LogP contribution >= 0.6 is 0 Å². The van der Waals surface area contributed by atoms with Crippen molar-refractivity contribution in [3.05, 3.63) is 71.8 Å². The van der Waals surface area contributed by atoms with Crippen LogP contribution < -0.4 is 5.43 Å². The maximum absolute atomic E-state index is 11.8. The fourth-order valence-electron chi connectivity index (χ4n) is 2.00. The molecule has 0 bridgehead atoms. The summed E-state index contributed by atoms with van der Waals surface area (Å²) in [5.41, 5.74) is 5.16. The lowest BCUT2D eigenvalue weighted by atomic mass is 10.0. The number of hydrazone groups is 1. The van der Waals surface area contributed by atoms with Crippen molar-refractivity contribution in [3.8, 4) is 0 Å². The van der Waals surface area contributed by atoms with E-state index in [0.717, 1.165) is 11.1 Å². The number of amides is 1. The Labute approximate surface area is 130 Å². The summed E-state index contributed by atoms with van der Waals surface area (Å²) in [6.45, 7) is 1.66. The molecule has 0 radical (unpaired) electrons. The number of aliphatic hydroxyl groups excluding tert-OH is 1. The first kappa shape index (κ1) is 15.9. The Bertz CT molecular complexity index is 581. The molecule has 0 aliphatic rings. The third-order valence-electron chi connectivity index (χ3n) is 3.18. The molecule has 22 heavy (non-hydrogen) atoms. The van der Waals surface area contributed by atoms with E-state index in [1.807, 2.05) is 60.7 Å². The molecule has 4 nitrogen and oxygen atoms in total. The lowest BCUT2D eigenvalue weighted by Gasteiger charge is -2.08. The normalized spacial score (nSPS) is 11.5. The van der Waals surface area contributed by atoms with E-state index in [0.29, 0.717) is 12.1 Å². The smallest absolute Gasteiger partial charge is 0.240 e. The molecule has 0 aliphatic heterocycles. The number of carbonyl (C=O) groups is 1. The predicted molar refractivity (Wildman–Crippen MR) is 87.6 cm³/mol. The predicted octanol–water partition coefficient (Wildman–Crippen LogP) is 2.72. The van der Waals surface area contributed by atoms with E-state index in [9.17, 15) is 9.90 Å². The average molecular weight is 296 g/mol. The van der Waals surface area contributed by atoms with E-state index < -0.39 is 6.10 Å². The zero-order chi connectivity index (χ0) is 15.8. The molecule has 2 rings (SSSR count). The number of benzene rings is 2. The van der Waals surface area contributed by atoms with Crippen LogP contribution in [0, 0.1) is 0 Å². The fourth-order valence-corrected chi connectivity index (χ4v) is 2.00. The standard InChI is InChI=1S/C18H20N2O2/c1-14(21)12-13-17(22)19-20-18(15-8-4-2-5-9-15)16-10-6-3-7-11-16/h2-11,14,21H,12-13H2,1H3,(H,19,22). The van der Waals surface area contributed by atoms with E-state index >= 15 is 0 Å². The molecule has 0 heterocycles. The summed E-state index contributed by atoms with van der Waals surface area (Å²) in [5, 5.41) is 13.5. The van der Waals surface area contributed by atoms with Gasteiger partial charge in [0.25, 0.3) is 0 Å². The molecule has 4 heteroatoms. The summed E-state index contributed by atoms with van der Waals surface area (Å²) in [6, 6.07) is 19.4. The minimum Gasteiger partial charge on any atom is -0.393 e. The largest absolute Gasteiger partial charge is 0.393 e. The van der Waals surface area contributed by atoms with Gasteiger partial charge in [0.15, 0.2) is 0 Å². The van der Waals surface area contributed by atoms with Crippen molar-refractivity contribution in [2.24, 2.45) is 5.10 Å². The molecule has 2 aromatic rings. The van der Waals surface area contributed by atoms with Crippen LogP contribution in [0.25, 0.3) is 0 Å². The lowest BCUT2D eigenvalue weighted by molar-refractivity contribution is -0.121. The van der Waals surface area contributed by atoms with Crippen molar-refractivity contribution < 1.29 is 9.90 Å². The summed E-state index contributed by atoms with van der Waals surface area (Å²) >= 11 is 0. The molecule has 1 amide bonds. The van der Waals surface area contributed by atoms with Gasteiger partial charge in [0.05, 0.1) is 11.8 Å². The van der Waals surface area contributed by atoms with E-state index in [1.165, 1.54) is 0 Å². The van der Waals surface area contributed by atoms with E-state index in [2.05, 4.69) is 10.5 Å². The Kier molecular flexibility index (Phi) is 5.86. The van der Waals surface area contributed by atoms with Gasteiger partial charge in [0.1, 0.15) is 0 Å². The third-order valence-corrected chi connectivity index (χ3v) is 3.18. The molecular weight excluding hydrogens is 276 g/mol. The van der Waals surface area contributed by atoms with Gasteiger partial charge in [-0.2, -0.15) is 5.10 Å². The van der Waals surface area contributed by atoms with E-state index in [1.54, 1.807) is 6.92 Å². The summed E-state index contributed by atoms with van der Waals surface area (Å²) in [6.07, 6.45) is 0.184. The zero-order valence-electron chi connectivity index (χ0n) is 12.6. The number of nitrogens with one attached hydrogen (secondary N) is 1. The van der Waals surface area contributed by atoms with Crippen LogP contribution in [0.2, 0.25) is 0 Å². The molecule has 0 aliphatic carbocycles. The first-order valence-corrected chi connectivity index (χ1v) is 7.32. The molecular formula is C18H20N2O2. The number of carbonyl (C=O) groups excluding carboxylic acids is 1. The van der Waals surface area contributed by atoms with Crippen LogP contribution in [0.3, 0.4) is 0 Å². The SMILES string of the molecule is CC(O)CCC(=O)NN=C(c1ccccc1)c1ccccc1. The second-order valence-electron chi connectivity index (χ2n) is 5.12. The van der Waals surface area contributed by atoms with Crippen molar-refractivity contribution in [2.75, 3.05) is 0 Å². The minimum absolute atomic E-state index is 0.203. The van der Waals surface area contributed by atoms with Crippen LogP contribution in [0.1, 0.15) is 30.9 Å². The zero-order valence-corrected chi connectivity index (χ0v) is 12.6. The molecule has 114 valence electrons. The Balaban J connectivity index is 2.18. The second kappa shape index (κ2) is 8.10.